The maximum Gasteiger partial charge on any atom is 0.0991 e. The zero-order valence-corrected chi connectivity index (χ0v) is 17.2. The average Bonchev–Trinajstić information content (AvgIpc) is 3.07. The number of rotatable bonds is 3. The van der Waals surface area contributed by atoms with Gasteiger partial charge in [-0.1, -0.05) is 48.5 Å². The Hall–Kier alpha value is -3.83. The first-order valence-corrected chi connectivity index (χ1v) is 10.2. The van der Waals surface area contributed by atoms with Crippen molar-refractivity contribution < 1.29 is 0 Å². The summed E-state index contributed by atoms with van der Waals surface area (Å²) in [7, 11) is 0. The van der Waals surface area contributed by atoms with Crippen molar-refractivity contribution in [3.8, 4) is 17.2 Å². The lowest BCUT2D eigenvalue weighted by molar-refractivity contribution is 0.806. The van der Waals surface area contributed by atoms with Crippen LogP contribution in [-0.4, -0.2) is 4.57 Å². The normalized spacial score (nSPS) is 11.1. The van der Waals surface area contributed by atoms with Crippen LogP contribution < -0.4 is 0 Å². The maximum atomic E-state index is 9.20. The summed E-state index contributed by atoms with van der Waals surface area (Å²) in [5.74, 6) is 0. The molecule has 0 atom stereocenters. The van der Waals surface area contributed by atoms with E-state index in [1.165, 1.54) is 38.9 Å². The second kappa shape index (κ2) is 7.21. The van der Waals surface area contributed by atoms with Crippen molar-refractivity contribution in [1.82, 2.24) is 4.57 Å². The predicted molar refractivity (Wildman–Crippen MR) is 125 cm³/mol. The zero-order valence-electron chi connectivity index (χ0n) is 17.2. The zero-order chi connectivity index (χ0) is 20.7. The summed E-state index contributed by atoms with van der Waals surface area (Å²) in [6.45, 7) is 5.14. The SMILES string of the molecule is Cc1ccccc1-c1ccc2c(c1)cc(C)n2Cc1ccc2ccc(C#N)cc2c1. The molecule has 0 spiro atoms. The van der Waals surface area contributed by atoms with Gasteiger partial charge in [-0.05, 0) is 83.3 Å². The fraction of sp³-hybridized carbons (Fsp3) is 0.107. The smallest absolute Gasteiger partial charge is 0.0991 e. The Morgan fingerprint density at radius 2 is 1.60 bits per heavy atom. The third kappa shape index (κ3) is 3.15. The quantitative estimate of drug-likeness (QED) is 0.328. The topological polar surface area (TPSA) is 28.7 Å². The molecule has 0 amide bonds. The summed E-state index contributed by atoms with van der Waals surface area (Å²) in [5.41, 5.74) is 8.27. The lowest BCUT2D eigenvalue weighted by Gasteiger charge is -2.11. The van der Waals surface area contributed by atoms with Crippen molar-refractivity contribution in [2.24, 2.45) is 0 Å². The van der Waals surface area contributed by atoms with E-state index in [0.717, 1.165) is 17.3 Å². The van der Waals surface area contributed by atoms with Crippen LogP contribution in [0.3, 0.4) is 0 Å². The molecular weight excluding hydrogens is 364 g/mol. The Morgan fingerprint density at radius 3 is 2.43 bits per heavy atom. The third-order valence-electron chi connectivity index (χ3n) is 5.94. The highest BCUT2D eigenvalue weighted by Crippen LogP contribution is 2.29. The van der Waals surface area contributed by atoms with Gasteiger partial charge < -0.3 is 4.57 Å². The predicted octanol–water partition coefficient (Wildman–Crippen LogP) is 7.00. The molecule has 0 saturated heterocycles. The standard InChI is InChI=1S/C28H22N2/c1-19-5-3-4-6-27(19)24-11-12-28-26(16-24)13-20(2)30(28)18-22-8-10-23-9-7-21(17-29)14-25(23)15-22/h3-16H,18H2,1-2H3. The van der Waals surface area contributed by atoms with Crippen LogP contribution in [0.4, 0.5) is 0 Å². The van der Waals surface area contributed by atoms with E-state index >= 15 is 0 Å². The van der Waals surface area contributed by atoms with Gasteiger partial charge in [0.05, 0.1) is 11.6 Å². The van der Waals surface area contributed by atoms with Gasteiger partial charge in [-0.3, -0.25) is 0 Å². The highest BCUT2D eigenvalue weighted by atomic mass is 15.0. The van der Waals surface area contributed by atoms with Crippen LogP contribution in [0.15, 0.2) is 84.9 Å². The minimum Gasteiger partial charge on any atom is -0.340 e. The summed E-state index contributed by atoms with van der Waals surface area (Å²) in [6, 6.07) is 32.2. The van der Waals surface area contributed by atoms with Gasteiger partial charge >= 0.3 is 0 Å². The Kier molecular flexibility index (Phi) is 4.38. The van der Waals surface area contributed by atoms with Crippen LogP contribution in [-0.2, 0) is 6.54 Å². The van der Waals surface area contributed by atoms with E-state index in [1.54, 1.807) is 0 Å². The Labute approximate surface area is 176 Å². The van der Waals surface area contributed by atoms with E-state index in [0.29, 0.717) is 5.56 Å². The summed E-state index contributed by atoms with van der Waals surface area (Å²) in [6.07, 6.45) is 0. The molecule has 1 heterocycles. The molecule has 0 aliphatic carbocycles. The number of nitrogens with zero attached hydrogens (tertiary/aromatic N) is 2. The average molecular weight is 386 g/mol. The van der Waals surface area contributed by atoms with Crippen LogP contribution in [0.1, 0.15) is 22.4 Å². The lowest BCUT2D eigenvalue weighted by Crippen LogP contribution is -2.01. The van der Waals surface area contributed by atoms with Crippen molar-refractivity contribution in [3.05, 3.63) is 107 Å². The largest absolute Gasteiger partial charge is 0.340 e. The first-order chi connectivity index (χ1) is 14.6. The minimum atomic E-state index is 0.700. The van der Waals surface area contributed by atoms with E-state index in [1.807, 2.05) is 18.2 Å². The van der Waals surface area contributed by atoms with E-state index in [4.69, 9.17) is 0 Å². The molecular formula is C28H22N2. The van der Waals surface area contributed by atoms with Crippen molar-refractivity contribution in [2.75, 3.05) is 0 Å². The summed E-state index contributed by atoms with van der Waals surface area (Å²) in [5, 5.41) is 12.7. The first-order valence-electron chi connectivity index (χ1n) is 10.2. The van der Waals surface area contributed by atoms with Gasteiger partial charge in [-0.25, -0.2) is 0 Å². The molecule has 0 N–H and O–H groups in total. The van der Waals surface area contributed by atoms with Gasteiger partial charge in [0.15, 0.2) is 0 Å². The molecule has 5 rings (SSSR count). The molecule has 144 valence electrons. The Morgan fingerprint density at radius 1 is 0.767 bits per heavy atom. The van der Waals surface area contributed by atoms with E-state index in [-0.39, 0.29) is 0 Å². The van der Waals surface area contributed by atoms with E-state index < -0.39 is 0 Å². The maximum absolute atomic E-state index is 9.20. The number of aryl methyl sites for hydroxylation is 2. The molecule has 30 heavy (non-hydrogen) atoms. The van der Waals surface area contributed by atoms with Crippen LogP contribution in [0.25, 0.3) is 32.8 Å². The number of hydrogen-bond donors (Lipinski definition) is 0. The molecule has 5 aromatic rings. The number of hydrogen-bond acceptors (Lipinski definition) is 1. The fourth-order valence-electron chi connectivity index (χ4n) is 4.33. The number of nitriles is 1. The van der Waals surface area contributed by atoms with Gasteiger partial charge in [0.2, 0.25) is 0 Å². The van der Waals surface area contributed by atoms with Gasteiger partial charge in [0.1, 0.15) is 0 Å². The van der Waals surface area contributed by atoms with Crippen molar-refractivity contribution in [2.45, 2.75) is 20.4 Å². The van der Waals surface area contributed by atoms with Crippen LogP contribution in [0.2, 0.25) is 0 Å². The van der Waals surface area contributed by atoms with E-state index in [2.05, 4.69) is 91.2 Å². The molecule has 0 fully saturated rings. The van der Waals surface area contributed by atoms with E-state index in [9.17, 15) is 5.26 Å². The molecule has 4 aromatic carbocycles. The molecule has 0 radical (unpaired) electrons. The Balaban J connectivity index is 1.55. The molecule has 0 saturated carbocycles. The highest BCUT2D eigenvalue weighted by Gasteiger charge is 2.09. The van der Waals surface area contributed by atoms with Gasteiger partial charge in [-0.15, -0.1) is 0 Å². The van der Waals surface area contributed by atoms with Crippen molar-refractivity contribution in [3.63, 3.8) is 0 Å². The van der Waals surface area contributed by atoms with Gasteiger partial charge in [0.25, 0.3) is 0 Å². The summed E-state index contributed by atoms with van der Waals surface area (Å²) in [4.78, 5) is 0. The molecule has 0 unspecified atom stereocenters. The molecule has 1 aromatic heterocycles. The number of benzene rings is 4. The van der Waals surface area contributed by atoms with Gasteiger partial charge in [-0.2, -0.15) is 5.26 Å². The summed E-state index contributed by atoms with van der Waals surface area (Å²) >= 11 is 0. The monoisotopic (exact) mass is 386 g/mol. The third-order valence-corrected chi connectivity index (χ3v) is 5.94. The Bertz CT molecular complexity index is 1450. The number of fused-ring (bicyclic) bond motifs is 2. The van der Waals surface area contributed by atoms with Crippen LogP contribution in [0.5, 0.6) is 0 Å². The molecule has 2 nitrogen and oxygen atoms in total. The lowest BCUT2D eigenvalue weighted by atomic mass is 9.99. The highest BCUT2D eigenvalue weighted by molar-refractivity contribution is 5.87. The van der Waals surface area contributed by atoms with Crippen molar-refractivity contribution >= 4 is 21.7 Å². The molecule has 2 heteroatoms. The van der Waals surface area contributed by atoms with Crippen molar-refractivity contribution in [1.29, 1.82) is 5.26 Å². The minimum absolute atomic E-state index is 0.700. The fourth-order valence-corrected chi connectivity index (χ4v) is 4.33. The molecule has 0 bridgehead atoms. The van der Waals surface area contributed by atoms with Crippen LogP contribution >= 0.6 is 0 Å². The van der Waals surface area contributed by atoms with Gasteiger partial charge in [0, 0.05) is 23.1 Å². The number of aromatic nitrogens is 1. The summed E-state index contributed by atoms with van der Waals surface area (Å²) < 4.78 is 2.37. The van der Waals surface area contributed by atoms with Crippen LogP contribution in [0, 0.1) is 25.2 Å². The first kappa shape index (κ1) is 18.2. The second-order valence-electron chi connectivity index (χ2n) is 7.97. The second-order valence-corrected chi connectivity index (χ2v) is 7.97. The molecule has 0 aliphatic heterocycles. The molecule has 0 aliphatic rings.